The number of fused-ring (bicyclic) bond motifs is 1. The normalized spacial score (nSPS) is 10.7. The lowest BCUT2D eigenvalue weighted by Crippen LogP contribution is -2.13. The van der Waals surface area contributed by atoms with Crippen molar-refractivity contribution in [3.63, 3.8) is 0 Å². The number of amides is 1. The van der Waals surface area contributed by atoms with E-state index in [9.17, 15) is 4.79 Å². The second-order valence-electron chi connectivity index (χ2n) is 5.37. The number of carbonyl (C=O) groups excluding carboxylic acids is 1. The maximum absolute atomic E-state index is 12.5. The first-order valence-electron chi connectivity index (χ1n) is 7.41. The Hall–Kier alpha value is -2.95. The summed E-state index contributed by atoms with van der Waals surface area (Å²) in [5, 5.41) is 2.87. The van der Waals surface area contributed by atoms with Gasteiger partial charge in [0.1, 0.15) is 11.3 Å². The molecule has 0 saturated carbocycles. The Kier molecular flexibility index (Phi) is 4.19. The molecule has 0 atom stereocenters. The number of ether oxygens (including phenoxy) is 1. The number of nitrogens with one attached hydrogen (secondary N) is 1. The van der Waals surface area contributed by atoms with Gasteiger partial charge >= 0.3 is 0 Å². The fourth-order valence-corrected chi connectivity index (χ4v) is 2.26. The van der Waals surface area contributed by atoms with Gasteiger partial charge in [0.25, 0.3) is 5.91 Å². The molecule has 0 radical (unpaired) electrons. The number of anilines is 1. The Morgan fingerprint density at radius 3 is 2.52 bits per heavy atom. The molecule has 0 aliphatic rings. The van der Waals surface area contributed by atoms with Crippen molar-refractivity contribution in [3.05, 3.63) is 60.4 Å². The molecule has 1 N–H and O–H groups in total. The van der Waals surface area contributed by atoms with E-state index in [-0.39, 0.29) is 12.0 Å². The van der Waals surface area contributed by atoms with Crippen molar-refractivity contribution in [2.75, 3.05) is 5.32 Å². The third kappa shape index (κ3) is 3.45. The van der Waals surface area contributed by atoms with E-state index in [1.54, 1.807) is 24.5 Å². The Bertz CT molecular complexity index is 824. The van der Waals surface area contributed by atoms with Crippen molar-refractivity contribution in [1.29, 1.82) is 0 Å². The van der Waals surface area contributed by atoms with Crippen molar-refractivity contribution in [2.24, 2.45) is 0 Å². The molecule has 3 aromatic rings. The molecular formula is C18H17N3O2. The number of carbonyl (C=O) groups is 1. The number of hydrogen-bond acceptors (Lipinski definition) is 4. The largest absolute Gasteiger partial charge is 0.491 e. The molecule has 0 saturated heterocycles. The zero-order valence-corrected chi connectivity index (χ0v) is 13.0. The van der Waals surface area contributed by atoms with Gasteiger partial charge in [0.2, 0.25) is 0 Å². The quantitative estimate of drug-likeness (QED) is 0.798. The second kappa shape index (κ2) is 6.44. The molecule has 0 aliphatic heterocycles. The van der Waals surface area contributed by atoms with Gasteiger partial charge in [0.05, 0.1) is 17.2 Å². The predicted octanol–water partition coefficient (Wildman–Crippen LogP) is 3.67. The van der Waals surface area contributed by atoms with Gasteiger partial charge in [-0.1, -0.05) is 6.07 Å². The minimum Gasteiger partial charge on any atom is -0.491 e. The highest BCUT2D eigenvalue weighted by Crippen LogP contribution is 2.19. The van der Waals surface area contributed by atoms with Crippen molar-refractivity contribution in [3.8, 4) is 5.75 Å². The van der Waals surface area contributed by atoms with E-state index in [2.05, 4.69) is 15.3 Å². The van der Waals surface area contributed by atoms with Crippen LogP contribution in [0.25, 0.3) is 11.0 Å². The summed E-state index contributed by atoms with van der Waals surface area (Å²) in [5.41, 5.74) is 2.48. The minimum absolute atomic E-state index is 0.115. The highest BCUT2D eigenvalue weighted by Gasteiger charge is 2.11. The summed E-state index contributed by atoms with van der Waals surface area (Å²) in [4.78, 5) is 20.9. The van der Waals surface area contributed by atoms with Crippen LogP contribution in [0.4, 0.5) is 5.69 Å². The summed E-state index contributed by atoms with van der Waals surface area (Å²) in [6.07, 6.45) is 3.30. The van der Waals surface area contributed by atoms with Crippen molar-refractivity contribution in [2.45, 2.75) is 20.0 Å². The van der Waals surface area contributed by atoms with Crippen LogP contribution in [0.5, 0.6) is 5.75 Å². The molecule has 0 aliphatic carbocycles. The first-order valence-corrected chi connectivity index (χ1v) is 7.41. The van der Waals surface area contributed by atoms with Crippen LogP contribution >= 0.6 is 0 Å². The van der Waals surface area contributed by atoms with Gasteiger partial charge in [0, 0.05) is 18.1 Å². The highest BCUT2D eigenvalue weighted by molar-refractivity contribution is 6.11. The van der Waals surface area contributed by atoms with Crippen LogP contribution in [0.2, 0.25) is 0 Å². The molecule has 0 bridgehead atoms. The number of hydrogen-bond donors (Lipinski definition) is 1. The van der Waals surface area contributed by atoms with Crippen molar-refractivity contribution < 1.29 is 9.53 Å². The second-order valence-corrected chi connectivity index (χ2v) is 5.37. The number of para-hydroxylation sites is 1. The Morgan fingerprint density at radius 2 is 1.78 bits per heavy atom. The molecule has 0 spiro atoms. The van der Waals surface area contributed by atoms with Gasteiger partial charge in [-0.2, -0.15) is 0 Å². The van der Waals surface area contributed by atoms with Gasteiger partial charge in [-0.15, -0.1) is 0 Å². The first-order chi connectivity index (χ1) is 11.1. The number of aromatic nitrogens is 2. The van der Waals surface area contributed by atoms with E-state index >= 15 is 0 Å². The highest BCUT2D eigenvalue weighted by atomic mass is 16.5. The maximum Gasteiger partial charge on any atom is 0.257 e. The summed E-state index contributed by atoms with van der Waals surface area (Å²) in [5.74, 6) is 0.558. The smallest absolute Gasteiger partial charge is 0.257 e. The van der Waals surface area contributed by atoms with Crippen LogP contribution in [-0.4, -0.2) is 22.0 Å². The standard InChI is InChI=1S/C18H17N3O2/c1-12(2)23-14-8-6-13(7-9-14)21-18(22)15-4-3-5-16-17(15)20-11-10-19-16/h3-12H,1-2H3,(H,21,22). The first kappa shape index (κ1) is 15.0. The van der Waals surface area contributed by atoms with Gasteiger partial charge in [-0.3, -0.25) is 14.8 Å². The van der Waals surface area contributed by atoms with E-state index in [4.69, 9.17) is 4.74 Å². The van der Waals surface area contributed by atoms with E-state index < -0.39 is 0 Å². The van der Waals surface area contributed by atoms with E-state index in [1.807, 2.05) is 44.2 Å². The number of benzene rings is 2. The third-order valence-electron chi connectivity index (χ3n) is 3.23. The number of rotatable bonds is 4. The van der Waals surface area contributed by atoms with Crippen LogP contribution in [0.3, 0.4) is 0 Å². The van der Waals surface area contributed by atoms with Crippen LogP contribution in [0, 0.1) is 0 Å². The summed E-state index contributed by atoms with van der Waals surface area (Å²) in [7, 11) is 0. The fourth-order valence-electron chi connectivity index (χ4n) is 2.26. The summed E-state index contributed by atoms with van der Waals surface area (Å²) >= 11 is 0. The van der Waals surface area contributed by atoms with Gasteiger partial charge in [-0.05, 0) is 50.2 Å². The topological polar surface area (TPSA) is 64.1 Å². The lowest BCUT2D eigenvalue weighted by molar-refractivity contribution is 0.102. The molecule has 1 amide bonds. The van der Waals surface area contributed by atoms with Gasteiger partial charge in [0.15, 0.2) is 0 Å². The molecule has 0 unspecified atom stereocenters. The Morgan fingerprint density at radius 1 is 1.04 bits per heavy atom. The molecular weight excluding hydrogens is 290 g/mol. The van der Waals surface area contributed by atoms with Crippen LogP contribution < -0.4 is 10.1 Å². The van der Waals surface area contributed by atoms with Crippen LogP contribution in [0.1, 0.15) is 24.2 Å². The van der Waals surface area contributed by atoms with Crippen LogP contribution in [-0.2, 0) is 0 Å². The van der Waals surface area contributed by atoms with Gasteiger partial charge in [-0.25, -0.2) is 0 Å². The van der Waals surface area contributed by atoms with E-state index in [0.717, 1.165) is 5.75 Å². The summed E-state index contributed by atoms with van der Waals surface area (Å²) < 4.78 is 5.59. The lowest BCUT2D eigenvalue weighted by Gasteiger charge is -2.11. The van der Waals surface area contributed by atoms with Crippen LogP contribution in [0.15, 0.2) is 54.9 Å². The Labute approximate surface area is 134 Å². The van der Waals surface area contributed by atoms with Gasteiger partial charge < -0.3 is 10.1 Å². The van der Waals surface area contributed by atoms with Crippen molar-refractivity contribution >= 4 is 22.6 Å². The molecule has 3 rings (SSSR count). The molecule has 0 fully saturated rings. The molecule has 2 aromatic carbocycles. The zero-order chi connectivity index (χ0) is 16.2. The monoisotopic (exact) mass is 307 g/mol. The van der Waals surface area contributed by atoms with E-state index in [1.165, 1.54) is 0 Å². The lowest BCUT2D eigenvalue weighted by atomic mass is 10.1. The molecule has 116 valence electrons. The molecule has 1 heterocycles. The fraction of sp³-hybridized carbons (Fsp3) is 0.167. The van der Waals surface area contributed by atoms with E-state index in [0.29, 0.717) is 22.3 Å². The molecule has 1 aromatic heterocycles. The number of nitrogens with zero attached hydrogens (tertiary/aromatic N) is 2. The molecule has 5 nitrogen and oxygen atoms in total. The molecule has 5 heteroatoms. The average Bonchev–Trinajstić information content (AvgIpc) is 2.55. The maximum atomic E-state index is 12.5. The third-order valence-corrected chi connectivity index (χ3v) is 3.23. The Balaban J connectivity index is 1.81. The predicted molar refractivity (Wildman–Crippen MR) is 89.7 cm³/mol. The molecule has 23 heavy (non-hydrogen) atoms. The summed E-state index contributed by atoms with van der Waals surface area (Å²) in [6.45, 7) is 3.94. The summed E-state index contributed by atoms with van der Waals surface area (Å²) in [6, 6.07) is 12.7. The minimum atomic E-state index is -0.214. The zero-order valence-electron chi connectivity index (χ0n) is 13.0. The SMILES string of the molecule is CC(C)Oc1ccc(NC(=O)c2cccc3nccnc23)cc1. The average molecular weight is 307 g/mol. The van der Waals surface area contributed by atoms with Crippen molar-refractivity contribution in [1.82, 2.24) is 9.97 Å².